The van der Waals surface area contributed by atoms with E-state index in [0.717, 1.165) is 12.0 Å². The van der Waals surface area contributed by atoms with Gasteiger partial charge in [-0.05, 0) is 42.6 Å². The third kappa shape index (κ3) is 4.04. The quantitative estimate of drug-likeness (QED) is 0.840. The second-order valence-electron chi connectivity index (χ2n) is 5.49. The van der Waals surface area contributed by atoms with E-state index in [9.17, 15) is 8.42 Å². The molecule has 0 spiro atoms. The highest BCUT2D eigenvalue weighted by atomic mass is 32.2. The van der Waals surface area contributed by atoms with Crippen LogP contribution in [0.1, 0.15) is 31.9 Å². The number of sulfonamides is 1. The summed E-state index contributed by atoms with van der Waals surface area (Å²) < 4.78 is 26.5. The van der Waals surface area contributed by atoms with Crippen LogP contribution >= 0.6 is 0 Å². The first-order valence-electron chi connectivity index (χ1n) is 7.05. The fourth-order valence-electron chi connectivity index (χ4n) is 2.25. The molecular weight excluding hydrogens is 272 g/mol. The summed E-state index contributed by atoms with van der Waals surface area (Å²) in [6.07, 6.45) is 0.902. The van der Waals surface area contributed by atoms with Gasteiger partial charge in [-0.1, -0.05) is 26.8 Å². The Morgan fingerprint density at radius 1 is 1.25 bits per heavy atom. The van der Waals surface area contributed by atoms with E-state index in [0.29, 0.717) is 23.9 Å². The van der Waals surface area contributed by atoms with Gasteiger partial charge in [-0.15, -0.1) is 0 Å². The average Bonchev–Trinajstić information content (AvgIpc) is 2.38. The average molecular weight is 298 g/mol. The molecule has 5 heteroatoms. The van der Waals surface area contributed by atoms with Gasteiger partial charge in [-0.25, -0.2) is 12.7 Å². The second kappa shape index (κ2) is 7.20. The summed E-state index contributed by atoms with van der Waals surface area (Å²) in [5.74, 6) is 0.307. The molecule has 0 radical (unpaired) electrons. The van der Waals surface area contributed by atoms with Gasteiger partial charge in [0, 0.05) is 20.1 Å². The summed E-state index contributed by atoms with van der Waals surface area (Å²) in [6, 6.07) is 5.43. The van der Waals surface area contributed by atoms with E-state index in [1.54, 1.807) is 19.2 Å². The Morgan fingerprint density at radius 2 is 1.90 bits per heavy atom. The highest BCUT2D eigenvalue weighted by Crippen LogP contribution is 2.20. The molecule has 0 aromatic heterocycles. The van der Waals surface area contributed by atoms with Gasteiger partial charge < -0.3 is 5.32 Å². The highest BCUT2D eigenvalue weighted by Gasteiger charge is 2.22. The molecule has 0 unspecified atom stereocenters. The molecule has 1 rings (SSSR count). The zero-order valence-corrected chi connectivity index (χ0v) is 13.9. The third-order valence-corrected chi connectivity index (χ3v) is 5.08. The highest BCUT2D eigenvalue weighted by molar-refractivity contribution is 7.89. The molecule has 20 heavy (non-hydrogen) atoms. The lowest BCUT2D eigenvalue weighted by molar-refractivity contribution is 0.417. The summed E-state index contributed by atoms with van der Waals surface area (Å²) in [5, 5.41) is 3.09. The molecule has 0 bridgehead atoms. The molecule has 1 aromatic carbocycles. The molecule has 0 aliphatic heterocycles. The van der Waals surface area contributed by atoms with Gasteiger partial charge in [-0.3, -0.25) is 0 Å². The Hall–Kier alpha value is -0.910. The zero-order valence-electron chi connectivity index (χ0n) is 13.1. The Balaban J connectivity index is 3.15. The number of nitrogens with one attached hydrogen (secondary N) is 1. The maximum absolute atomic E-state index is 12.5. The summed E-state index contributed by atoms with van der Waals surface area (Å²) >= 11 is 0. The predicted molar refractivity (Wildman–Crippen MR) is 83.2 cm³/mol. The van der Waals surface area contributed by atoms with Crippen molar-refractivity contribution < 1.29 is 8.42 Å². The molecule has 0 fully saturated rings. The van der Waals surface area contributed by atoms with Gasteiger partial charge in [-0.2, -0.15) is 0 Å². The molecule has 114 valence electrons. The lowest BCUT2D eigenvalue weighted by Gasteiger charge is -2.20. The van der Waals surface area contributed by atoms with Crippen LogP contribution in [-0.2, 0) is 23.0 Å². The van der Waals surface area contributed by atoms with Crippen molar-refractivity contribution >= 4 is 10.0 Å². The van der Waals surface area contributed by atoms with Crippen molar-refractivity contribution in [2.75, 3.05) is 20.6 Å². The first-order valence-corrected chi connectivity index (χ1v) is 8.49. The van der Waals surface area contributed by atoms with E-state index in [2.05, 4.69) is 12.2 Å². The van der Waals surface area contributed by atoms with Crippen molar-refractivity contribution in [3.8, 4) is 0 Å². The van der Waals surface area contributed by atoms with Crippen molar-refractivity contribution in [2.45, 2.75) is 38.6 Å². The Bertz CT molecular complexity index is 539. The molecular formula is C15H26N2O2S. The normalized spacial score (nSPS) is 12.3. The van der Waals surface area contributed by atoms with Gasteiger partial charge >= 0.3 is 0 Å². The van der Waals surface area contributed by atoms with E-state index >= 15 is 0 Å². The van der Waals surface area contributed by atoms with Crippen LogP contribution < -0.4 is 5.32 Å². The Morgan fingerprint density at radius 3 is 2.40 bits per heavy atom. The van der Waals surface area contributed by atoms with Gasteiger partial charge in [0.2, 0.25) is 10.0 Å². The number of hydrogen-bond donors (Lipinski definition) is 1. The van der Waals surface area contributed by atoms with E-state index < -0.39 is 10.0 Å². The van der Waals surface area contributed by atoms with Crippen LogP contribution in [0, 0.1) is 5.92 Å². The van der Waals surface area contributed by atoms with Gasteiger partial charge in [0.1, 0.15) is 0 Å². The minimum atomic E-state index is -3.39. The lowest BCUT2D eigenvalue weighted by Crippen LogP contribution is -2.30. The largest absolute Gasteiger partial charge is 0.316 e. The van der Waals surface area contributed by atoms with E-state index in [1.807, 2.05) is 27.0 Å². The summed E-state index contributed by atoms with van der Waals surface area (Å²) in [5.41, 5.74) is 2.24. The molecule has 0 aliphatic rings. The zero-order chi connectivity index (χ0) is 15.3. The van der Waals surface area contributed by atoms with E-state index in [4.69, 9.17) is 0 Å². The number of aryl methyl sites for hydroxylation is 1. The van der Waals surface area contributed by atoms with Crippen LogP contribution in [0.25, 0.3) is 0 Å². The van der Waals surface area contributed by atoms with Crippen molar-refractivity contribution in [1.82, 2.24) is 9.62 Å². The van der Waals surface area contributed by atoms with Crippen LogP contribution in [0.4, 0.5) is 0 Å². The SMILES string of the molecule is CCc1ccc(S(=O)(=O)N(C)CC(C)C)cc1CNC. The summed E-state index contributed by atoms with van der Waals surface area (Å²) in [6.45, 7) is 7.31. The fraction of sp³-hybridized carbons (Fsp3) is 0.600. The molecule has 1 N–H and O–H groups in total. The molecule has 0 heterocycles. The first-order chi connectivity index (χ1) is 9.32. The van der Waals surface area contributed by atoms with Crippen LogP contribution in [-0.4, -0.2) is 33.4 Å². The van der Waals surface area contributed by atoms with E-state index in [-0.39, 0.29) is 0 Å². The Kier molecular flexibility index (Phi) is 6.17. The maximum atomic E-state index is 12.5. The van der Waals surface area contributed by atoms with Gasteiger partial charge in [0.25, 0.3) is 0 Å². The van der Waals surface area contributed by atoms with Gasteiger partial charge in [0.05, 0.1) is 4.90 Å². The van der Waals surface area contributed by atoms with Crippen LogP contribution in [0.2, 0.25) is 0 Å². The minimum Gasteiger partial charge on any atom is -0.316 e. The van der Waals surface area contributed by atoms with Crippen molar-refractivity contribution in [3.05, 3.63) is 29.3 Å². The van der Waals surface area contributed by atoms with Crippen molar-refractivity contribution in [1.29, 1.82) is 0 Å². The summed E-state index contributed by atoms with van der Waals surface area (Å²) in [7, 11) is 0.112. The monoisotopic (exact) mass is 298 g/mol. The number of rotatable bonds is 7. The first kappa shape index (κ1) is 17.1. The molecule has 0 aliphatic carbocycles. The maximum Gasteiger partial charge on any atom is 0.242 e. The van der Waals surface area contributed by atoms with Crippen molar-refractivity contribution in [2.24, 2.45) is 5.92 Å². The van der Waals surface area contributed by atoms with Crippen LogP contribution in [0.3, 0.4) is 0 Å². The standard InChI is InChI=1S/C15H26N2O2S/c1-6-13-7-8-15(9-14(13)10-16-4)20(18,19)17(5)11-12(2)3/h7-9,12,16H,6,10-11H2,1-5H3. The molecule has 0 atom stereocenters. The molecule has 0 amide bonds. The molecule has 0 saturated heterocycles. The molecule has 0 saturated carbocycles. The third-order valence-electron chi connectivity index (χ3n) is 3.26. The van der Waals surface area contributed by atoms with Gasteiger partial charge in [0.15, 0.2) is 0 Å². The molecule has 4 nitrogen and oxygen atoms in total. The number of benzene rings is 1. The van der Waals surface area contributed by atoms with Crippen LogP contribution in [0.5, 0.6) is 0 Å². The topological polar surface area (TPSA) is 49.4 Å². The fourth-order valence-corrected chi connectivity index (χ4v) is 3.64. The summed E-state index contributed by atoms with van der Waals surface area (Å²) in [4.78, 5) is 0.378. The number of nitrogens with zero attached hydrogens (tertiary/aromatic N) is 1. The second-order valence-corrected chi connectivity index (χ2v) is 7.54. The lowest BCUT2D eigenvalue weighted by atomic mass is 10.1. The Labute approximate surface area is 123 Å². The minimum absolute atomic E-state index is 0.307. The predicted octanol–water partition coefficient (Wildman–Crippen LogP) is 2.24. The van der Waals surface area contributed by atoms with Crippen LogP contribution in [0.15, 0.2) is 23.1 Å². The molecule has 1 aromatic rings. The smallest absolute Gasteiger partial charge is 0.242 e. The van der Waals surface area contributed by atoms with Crippen molar-refractivity contribution in [3.63, 3.8) is 0 Å². The van der Waals surface area contributed by atoms with E-state index in [1.165, 1.54) is 9.87 Å². The number of hydrogen-bond acceptors (Lipinski definition) is 3.